The summed E-state index contributed by atoms with van der Waals surface area (Å²) in [6, 6.07) is 0.330. The molecule has 1 aliphatic heterocycles. The topological polar surface area (TPSA) is 98.6 Å². The fourth-order valence-electron chi connectivity index (χ4n) is 3.66. The van der Waals surface area contributed by atoms with E-state index in [1.165, 1.54) is 11.3 Å². The molecular weight excluding hydrogens is 376 g/mol. The highest BCUT2D eigenvalue weighted by Crippen LogP contribution is 2.40. The van der Waals surface area contributed by atoms with Gasteiger partial charge in [-0.3, -0.25) is 4.57 Å². The van der Waals surface area contributed by atoms with E-state index in [1.807, 2.05) is 16.1 Å². The molecule has 4 aromatic rings. The molecule has 0 saturated carbocycles. The Labute approximate surface area is 165 Å². The normalized spacial score (nSPS) is 15.7. The van der Waals surface area contributed by atoms with Crippen LogP contribution in [0.4, 0.5) is 5.82 Å². The standard InChI is InChI=1S/C18H18N8OS/c1-4-12-17-24-21-9-25(17)13-8-20-15(23-16(13)26(12)10(2)3)11-7-22-27-14(11)18-19-5-6-28-18/h5-10,12H,4H2,1-3H3. The van der Waals surface area contributed by atoms with E-state index in [1.54, 1.807) is 18.7 Å². The maximum absolute atomic E-state index is 5.45. The van der Waals surface area contributed by atoms with Crippen molar-refractivity contribution in [2.75, 3.05) is 4.90 Å². The lowest BCUT2D eigenvalue weighted by atomic mass is 10.1. The number of fused-ring (bicyclic) bond motifs is 3. The van der Waals surface area contributed by atoms with E-state index in [-0.39, 0.29) is 12.1 Å². The molecule has 5 rings (SSSR count). The zero-order chi connectivity index (χ0) is 19.3. The van der Waals surface area contributed by atoms with Gasteiger partial charge in [-0.15, -0.1) is 21.5 Å². The van der Waals surface area contributed by atoms with Crippen molar-refractivity contribution in [1.29, 1.82) is 0 Å². The summed E-state index contributed by atoms with van der Waals surface area (Å²) in [4.78, 5) is 16.1. The van der Waals surface area contributed by atoms with Crippen LogP contribution in [0, 0.1) is 0 Å². The van der Waals surface area contributed by atoms with E-state index in [9.17, 15) is 0 Å². The van der Waals surface area contributed by atoms with Gasteiger partial charge in [-0.25, -0.2) is 15.0 Å². The SMILES string of the molecule is CCC1c2nncn2-c2cnc(-c3cnoc3-c3nccs3)nc2N1C(C)C. The van der Waals surface area contributed by atoms with Gasteiger partial charge in [0.05, 0.1) is 24.0 Å². The maximum atomic E-state index is 5.45. The Morgan fingerprint density at radius 3 is 2.89 bits per heavy atom. The van der Waals surface area contributed by atoms with Crippen molar-refractivity contribution in [3.63, 3.8) is 0 Å². The average Bonchev–Trinajstić information content (AvgIpc) is 3.46. The van der Waals surface area contributed by atoms with Crippen molar-refractivity contribution in [1.82, 2.24) is 34.9 Å². The summed E-state index contributed by atoms with van der Waals surface area (Å²) >= 11 is 1.49. The van der Waals surface area contributed by atoms with Crippen LogP contribution in [-0.2, 0) is 0 Å². The molecule has 0 amide bonds. The van der Waals surface area contributed by atoms with Crippen molar-refractivity contribution < 1.29 is 4.52 Å². The van der Waals surface area contributed by atoms with Crippen molar-refractivity contribution in [3.05, 3.63) is 36.1 Å². The molecule has 142 valence electrons. The van der Waals surface area contributed by atoms with Crippen LogP contribution in [0.2, 0.25) is 0 Å². The van der Waals surface area contributed by atoms with E-state index < -0.39 is 0 Å². The highest BCUT2D eigenvalue weighted by Gasteiger charge is 2.35. The van der Waals surface area contributed by atoms with Crippen LogP contribution in [0.5, 0.6) is 0 Å². The van der Waals surface area contributed by atoms with Crippen LogP contribution >= 0.6 is 11.3 Å². The summed E-state index contributed by atoms with van der Waals surface area (Å²) < 4.78 is 7.42. The third-order valence-electron chi connectivity index (χ3n) is 4.84. The molecule has 1 atom stereocenters. The number of thiazole rings is 1. The molecule has 0 saturated heterocycles. The number of rotatable bonds is 4. The first-order valence-electron chi connectivity index (χ1n) is 9.09. The van der Waals surface area contributed by atoms with Crippen LogP contribution in [0.25, 0.3) is 27.8 Å². The van der Waals surface area contributed by atoms with Crippen LogP contribution in [-0.4, -0.2) is 40.9 Å². The minimum atomic E-state index is 0.0960. The lowest BCUT2D eigenvalue weighted by Gasteiger charge is -2.39. The number of nitrogens with zero attached hydrogens (tertiary/aromatic N) is 8. The van der Waals surface area contributed by atoms with Crippen LogP contribution < -0.4 is 4.90 Å². The van der Waals surface area contributed by atoms with Gasteiger partial charge in [0.25, 0.3) is 0 Å². The molecule has 1 aliphatic rings. The Morgan fingerprint density at radius 1 is 1.25 bits per heavy atom. The minimum absolute atomic E-state index is 0.0960. The summed E-state index contributed by atoms with van der Waals surface area (Å²) in [5.74, 6) is 2.90. The van der Waals surface area contributed by atoms with Crippen LogP contribution in [0.1, 0.15) is 39.1 Å². The predicted molar refractivity (Wildman–Crippen MR) is 104 cm³/mol. The molecule has 0 radical (unpaired) electrons. The van der Waals surface area contributed by atoms with E-state index >= 15 is 0 Å². The number of hydrogen-bond acceptors (Lipinski definition) is 9. The molecule has 0 aromatic carbocycles. The van der Waals surface area contributed by atoms with Gasteiger partial charge in [0.15, 0.2) is 22.5 Å². The van der Waals surface area contributed by atoms with Gasteiger partial charge in [0.1, 0.15) is 12.0 Å². The molecular formula is C18H18N8OS. The van der Waals surface area contributed by atoms with E-state index in [0.29, 0.717) is 11.6 Å². The van der Waals surface area contributed by atoms with Crippen LogP contribution in [0.15, 0.2) is 34.8 Å². The molecule has 10 heteroatoms. The highest BCUT2D eigenvalue weighted by atomic mass is 32.1. The first kappa shape index (κ1) is 17.0. The lowest BCUT2D eigenvalue weighted by molar-refractivity contribution is 0.432. The molecule has 4 aromatic heterocycles. The predicted octanol–water partition coefficient (Wildman–Crippen LogP) is 3.52. The summed E-state index contributed by atoms with van der Waals surface area (Å²) in [5.41, 5.74) is 1.60. The lowest BCUT2D eigenvalue weighted by Crippen LogP contribution is -2.40. The van der Waals surface area contributed by atoms with Crippen molar-refractivity contribution in [2.45, 2.75) is 39.3 Å². The van der Waals surface area contributed by atoms with Crippen molar-refractivity contribution >= 4 is 17.2 Å². The summed E-state index contributed by atoms with van der Waals surface area (Å²) in [6.45, 7) is 6.45. The Balaban J connectivity index is 1.69. The van der Waals surface area contributed by atoms with Gasteiger partial charge >= 0.3 is 0 Å². The highest BCUT2D eigenvalue weighted by molar-refractivity contribution is 7.13. The zero-order valence-electron chi connectivity index (χ0n) is 15.6. The molecule has 0 bridgehead atoms. The minimum Gasteiger partial charge on any atom is -0.353 e. The molecule has 1 unspecified atom stereocenters. The molecule has 0 N–H and O–H groups in total. The fourth-order valence-corrected chi connectivity index (χ4v) is 4.28. The molecule has 28 heavy (non-hydrogen) atoms. The van der Waals surface area contributed by atoms with Crippen LogP contribution in [0.3, 0.4) is 0 Å². The smallest absolute Gasteiger partial charge is 0.206 e. The quantitative estimate of drug-likeness (QED) is 0.518. The van der Waals surface area contributed by atoms with Gasteiger partial charge in [-0.1, -0.05) is 12.1 Å². The Hall–Kier alpha value is -3.14. The van der Waals surface area contributed by atoms with E-state index in [2.05, 4.69) is 51.0 Å². The number of hydrogen-bond donors (Lipinski definition) is 0. The van der Waals surface area contributed by atoms with Gasteiger partial charge < -0.3 is 9.42 Å². The fraction of sp³-hybridized carbons (Fsp3) is 0.333. The average molecular weight is 394 g/mol. The Bertz CT molecular complexity index is 1120. The van der Waals surface area contributed by atoms with Crippen molar-refractivity contribution in [3.8, 4) is 27.8 Å². The number of aromatic nitrogens is 7. The third-order valence-corrected chi connectivity index (χ3v) is 5.61. The Morgan fingerprint density at radius 2 is 2.14 bits per heavy atom. The van der Waals surface area contributed by atoms with E-state index in [4.69, 9.17) is 9.51 Å². The summed E-state index contributed by atoms with van der Waals surface area (Å²) in [6.07, 6.45) is 7.80. The Kier molecular flexibility index (Phi) is 3.93. The molecule has 0 fully saturated rings. The first-order valence-corrected chi connectivity index (χ1v) is 9.97. The van der Waals surface area contributed by atoms with Gasteiger partial charge in [-0.2, -0.15) is 0 Å². The summed E-state index contributed by atoms with van der Waals surface area (Å²) in [7, 11) is 0. The molecule has 0 spiro atoms. The molecule has 5 heterocycles. The number of anilines is 1. The van der Waals surface area contributed by atoms with Crippen molar-refractivity contribution in [2.24, 2.45) is 0 Å². The third kappa shape index (κ3) is 2.44. The van der Waals surface area contributed by atoms with Gasteiger partial charge in [0, 0.05) is 17.6 Å². The zero-order valence-corrected chi connectivity index (χ0v) is 16.5. The molecule has 0 aliphatic carbocycles. The monoisotopic (exact) mass is 394 g/mol. The second-order valence-electron chi connectivity index (χ2n) is 6.79. The van der Waals surface area contributed by atoms with Gasteiger partial charge in [0.2, 0.25) is 5.76 Å². The van der Waals surface area contributed by atoms with E-state index in [0.717, 1.165) is 34.3 Å². The second-order valence-corrected chi connectivity index (χ2v) is 7.69. The first-order chi connectivity index (χ1) is 13.7. The second kappa shape index (κ2) is 6.48. The summed E-state index contributed by atoms with van der Waals surface area (Å²) in [5, 5.41) is 15.1. The maximum Gasteiger partial charge on any atom is 0.206 e. The molecule has 9 nitrogen and oxygen atoms in total. The largest absolute Gasteiger partial charge is 0.353 e. The van der Waals surface area contributed by atoms with Gasteiger partial charge in [-0.05, 0) is 20.3 Å².